The fourth-order valence-corrected chi connectivity index (χ4v) is 6.99. The molecule has 0 saturated carbocycles. The molecule has 184 valence electrons. The SMILES string of the molecule is CCCCC[N+](CCCCC)(CCCCC)CCC[Si](OCC)(OCC)OCC.[Br-]. The maximum Gasteiger partial charge on any atom is 0.501 e. The summed E-state index contributed by atoms with van der Waals surface area (Å²) in [6.45, 7) is 20.4. The molecule has 0 atom stereocenters. The summed E-state index contributed by atoms with van der Waals surface area (Å²) in [5.74, 6) is 0. The van der Waals surface area contributed by atoms with Gasteiger partial charge < -0.3 is 34.7 Å². The lowest BCUT2D eigenvalue weighted by Crippen LogP contribution is -3.00. The van der Waals surface area contributed by atoms with E-state index < -0.39 is 8.80 Å². The smallest absolute Gasteiger partial charge is 0.501 e. The van der Waals surface area contributed by atoms with E-state index >= 15 is 0 Å². The van der Waals surface area contributed by atoms with Gasteiger partial charge in [-0.05, 0) is 59.3 Å². The highest BCUT2D eigenvalue weighted by Gasteiger charge is 2.41. The normalized spacial score (nSPS) is 12.2. The molecule has 0 fully saturated rings. The largest absolute Gasteiger partial charge is 1.00 e. The first kappa shape index (κ1) is 32.7. The molecule has 0 aliphatic carbocycles. The Hall–Kier alpha value is 0.537. The Kier molecular flexibility index (Phi) is 23.3. The van der Waals surface area contributed by atoms with Gasteiger partial charge in [-0.2, -0.15) is 0 Å². The van der Waals surface area contributed by atoms with Crippen LogP contribution in [0.15, 0.2) is 0 Å². The maximum atomic E-state index is 6.11. The number of unbranched alkanes of at least 4 members (excludes halogenated alkanes) is 6. The molecule has 0 N–H and O–H groups in total. The number of rotatable bonds is 22. The Morgan fingerprint density at radius 2 is 0.833 bits per heavy atom. The third kappa shape index (κ3) is 14.6. The number of quaternary nitrogens is 1. The molecule has 0 heterocycles. The Labute approximate surface area is 201 Å². The molecule has 30 heavy (non-hydrogen) atoms. The predicted molar refractivity (Wildman–Crippen MR) is 128 cm³/mol. The van der Waals surface area contributed by atoms with Crippen molar-refractivity contribution in [3.05, 3.63) is 0 Å². The zero-order valence-corrected chi connectivity index (χ0v) is 23.9. The van der Waals surface area contributed by atoms with Gasteiger partial charge in [0.15, 0.2) is 0 Å². The first-order valence-electron chi connectivity index (χ1n) is 12.8. The molecule has 0 aromatic carbocycles. The van der Waals surface area contributed by atoms with Crippen LogP contribution in [0.25, 0.3) is 0 Å². The molecular weight excluding hydrogens is 458 g/mol. The van der Waals surface area contributed by atoms with Crippen molar-refractivity contribution in [2.45, 2.75) is 112 Å². The van der Waals surface area contributed by atoms with Crippen LogP contribution in [0.2, 0.25) is 6.04 Å². The lowest BCUT2D eigenvalue weighted by molar-refractivity contribution is -0.929. The molecule has 0 rings (SSSR count). The molecular formula is C24H54BrNO3Si. The van der Waals surface area contributed by atoms with Crippen molar-refractivity contribution in [1.29, 1.82) is 0 Å². The first-order chi connectivity index (χ1) is 14.1. The van der Waals surface area contributed by atoms with Crippen LogP contribution in [-0.2, 0) is 13.3 Å². The van der Waals surface area contributed by atoms with Crippen LogP contribution in [0, 0.1) is 0 Å². The van der Waals surface area contributed by atoms with Gasteiger partial charge in [0, 0.05) is 32.3 Å². The van der Waals surface area contributed by atoms with E-state index in [0.717, 1.165) is 12.5 Å². The van der Waals surface area contributed by atoms with Gasteiger partial charge in [0.2, 0.25) is 0 Å². The van der Waals surface area contributed by atoms with E-state index in [1.165, 1.54) is 88.4 Å². The van der Waals surface area contributed by atoms with Crippen LogP contribution in [0.1, 0.15) is 106 Å². The minimum absolute atomic E-state index is 0. The van der Waals surface area contributed by atoms with Crippen molar-refractivity contribution in [1.82, 2.24) is 0 Å². The van der Waals surface area contributed by atoms with Crippen LogP contribution in [-0.4, -0.2) is 59.3 Å². The quantitative estimate of drug-likeness (QED) is 0.125. The first-order valence-corrected chi connectivity index (χ1v) is 14.8. The standard InChI is InChI=1S/C24H54NO3Si.BrH/c1-7-13-16-20-25(21-17-14-8-2,22-18-15-9-3)23-19-24-29(26-10-4,27-11-5)28-12-6;/h7-24H2,1-6H3;1H/q+1;/p-1. The fourth-order valence-electron chi connectivity index (χ4n) is 4.39. The van der Waals surface area contributed by atoms with Crippen molar-refractivity contribution in [3.8, 4) is 0 Å². The van der Waals surface area contributed by atoms with E-state index in [2.05, 4.69) is 41.5 Å². The van der Waals surface area contributed by atoms with Crippen LogP contribution < -0.4 is 17.0 Å². The summed E-state index contributed by atoms with van der Waals surface area (Å²) in [4.78, 5) is 0. The van der Waals surface area contributed by atoms with Gasteiger partial charge >= 0.3 is 8.80 Å². The number of nitrogens with zero attached hydrogens (tertiary/aromatic N) is 1. The molecule has 0 radical (unpaired) electrons. The summed E-state index contributed by atoms with van der Waals surface area (Å²) in [6.07, 6.45) is 13.2. The van der Waals surface area contributed by atoms with E-state index in [1.807, 2.05) is 0 Å². The molecule has 0 aliphatic rings. The van der Waals surface area contributed by atoms with E-state index in [1.54, 1.807) is 0 Å². The van der Waals surface area contributed by atoms with Crippen LogP contribution in [0.5, 0.6) is 0 Å². The van der Waals surface area contributed by atoms with Gasteiger partial charge in [-0.25, -0.2) is 0 Å². The molecule has 0 aliphatic heterocycles. The molecule has 0 spiro atoms. The number of hydrogen-bond acceptors (Lipinski definition) is 3. The van der Waals surface area contributed by atoms with Crippen molar-refractivity contribution in [2.75, 3.05) is 46.0 Å². The van der Waals surface area contributed by atoms with Gasteiger partial charge in [0.1, 0.15) is 0 Å². The topological polar surface area (TPSA) is 27.7 Å². The van der Waals surface area contributed by atoms with Gasteiger partial charge in [-0.15, -0.1) is 0 Å². The minimum Gasteiger partial charge on any atom is -1.00 e. The molecule has 0 bridgehead atoms. The van der Waals surface area contributed by atoms with E-state index in [-0.39, 0.29) is 17.0 Å². The second-order valence-electron chi connectivity index (χ2n) is 8.44. The lowest BCUT2D eigenvalue weighted by atomic mass is 10.1. The average molecular weight is 513 g/mol. The van der Waals surface area contributed by atoms with Crippen LogP contribution in [0.4, 0.5) is 0 Å². The Morgan fingerprint density at radius 3 is 1.13 bits per heavy atom. The van der Waals surface area contributed by atoms with E-state index in [4.69, 9.17) is 13.3 Å². The zero-order chi connectivity index (χ0) is 21.8. The Balaban J connectivity index is 0. The Bertz CT molecular complexity index is 318. The van der Waals surface area contributed by atoms with Crippen LogP contribution in [0.3, 0.4) is 0 Å². The molecule has 0 unspecified atom stereocenters. The van der Waals surface area contributed by atoms with Crippen LogP contribution >= 0.6 is 0 Å². The van der Waals surface area contributed by atoms with Gasteiger partial charge in [-0.1, -0.05) is 40.0 Å². The number of hydrogen-bond donors (Lipinski definition) is 0. The summed E-state index contributed by atoms with van der Waals surface area (Å²) in [5.41, 5.74) is 0. The summed E-state index contributed by atoms with van der Waals surface area (Å²) in [5, 5.41) is 0. The summed E-state index contributed by atoms with van der Waals surface area (Å²) < 4.78 is 19.6. The molecule has 0 amide bonds. The second-order valence-corrected chi connectivity index (χ2v) is 11.2. The Morgan fingerprint density at radius 1 is 0.500 bits per heavy atom. The summed E-state index contributed by atoms with van der Waals surface area (Å²) in [7, 11) is -2.52. The van der Waals surface area contributed by atoms with Gasteiger partial charge in [0.25, 0.3) is 0 Å². The predicted octanol–water partition coefficient (Wildman–Crippen LogP) is 3.82. The molecule has 0 aromatic rings. The van der Waals surface area contributed by atoms with Gasteiger partial charge in [0.05, 0.1) is 26.2 Å². The van der Waals surface area contributed by atoms with Crippen molar-refractivity contribution < 1.29 is 34.7 Å². The maximum absolute atomic E-state index is 6.11. The lowest BCUT2D eigenvalue weighted by Gasteiger charge is -2.40. The minimum atomic E-state index is -2.52. The fraction of sp³-hybridized carbons (Fsp3) is 1.00. The molecule has 4 nitrogen and oxygen atoms in total. The van der Waals surface area contributed by atoms with E-state index in [0.29, 0.717) is 19.8 Å². The summed E-state index contributed by atoms with van der Waals surface area (Å²) in [6, 6.07) is 0.956. The summed E-state index contributed by atoms with van der Waals surface area (Å²) >= 11 is 0. The van der Waals surface area contributed by atoms with Crippen molar-refractivity contribution in [2.24, 2.45) is 0 Å². The highest BCUT2D eigenvalue weighted by atomic mass is 79.9. The highest BCUT2D eigenvalue weighted by molar-refractivity contribution is 6.60. The average Bonchev–Trinajstić information content (AvgIpc) is 2.69. The zero-order valence-electron chi connectivity index (χ0n) is 21.3. The van der Waals surface area contributed by atoms with E-state index in [9.17, 15) is 0 Å². The second kappa shape index (κ2) is 21.4. The van der Waals surface area contributed by atoms with Crippen molar-refractivity contribution >= 4 is 8.80 Å². The molecule has 0 saturated heterocycles. The third-order valence-electron chi connectivity index (χ3n) is 5.92. The third-order valence-corrected chi connectivity index (χ3v) is 9.07. The van der Waals surface area contributed by atoms with Crippen molar-refractivity contribution in [3.63, 3.8) is 0 Å². The monoisotopic (exact) mass is 511 g/mol. The highest BCUT2D eigenvalue weighted by Crippen LogP contribution is 2.23. The van der Waals surface area contributed by atoms with Gasteiger partial charge in [-0.3, -0.25) is 0 Å². The molecule has 0 aromatic heterocycles. The molecule has 6 heteroatoms. The number of halogens is 1.